The standard InChI is InChI=1S/C32H32N4O6/c1-18-6-9-24(20(3)14-18)30-33-31(25-10-7-19(2)15-21(25)4)35-32(34-30)26-11-8-23(17-27(26)38)42-36-28(39)12-13-41-29(40)16-22(5)37/h6-11,14-15,17,38H,12-13,16H2,1-5H3,(H,36,39). The number of esters is 1. The highest BCUT2D eigenvalue weighted by Gasteiger charge is 2.18. The number of phenols is 1. The van der Waals surface area contributed by atoms with Crippen molar-refractivity contribution in [2.45, 2.75) is 47.5 Å². The minimum Gasteiger partial charge on any atom is -0.507 e. The number of aromatic hydroxyl groups is 1. The first-order valence-corrected chi connectivity index (χ1v) is 13.4. The number of Topliss-reactive ketones (excluding diaryl/α,β-unsaturated/α-hetero) is 1. The second-order valence-corrected chi connectivity index (χ2v) is 10.1. The summed E-state index contributed by atoms with van der Waals surface area (Å²) in [6, 6.07) is 16.5. The van der Waals surface area contributed by atoms with Crippen LogP contribution in [0.5, 0.6) is 11.5 Å². The molecule has 3 aromatic carbocycles. The maximum atomic E-state index is 12.1. The van der Waals surface area contributed by atoms with Gasteiger partial charge in [0.1, 0.15) is 24.6 Å². The van der Waals surface area contributed by atoms with Crippen LogP contribution in [0.1, 0.15) is 42.0 Å². The summed E-state index contributed by atoms with van der Waals surface area (Å²) in [5, 5.41) is 10.9. The van der Waals surface area contributed by atoms with Crippen LogP contribution in [0, 0.1) is 27.7 Å². The first-order chi connectivity index (χ1) is 20.0. The van der Waals surface area contributed by atoms with Crippen LogP contribution in [-0.4, -0.2) is 44.3 Å². The van der Waals surface area contributed by atoms with E-state index in [9.17, 15) is 19.5 Å². The van der Waals surface area contributed by atoms with Crippen molar-refractivity contribution in [2.75, 3.05) is 6.61 Å². The lowest BCUT2D eigenvalue weighted by Crippen LogP contribution is -2.28. The predicted octanol–water partition coefficient (Wildman–Crippen LogP) is 5.13. The van der Waals surface area contributed by atoms with Gasteiger partial charge in [0, 0.05) is 17.2 Å². The molecule has 1 heterocycles. The molecule has 0 saturated carbocycles. The van der Waals surface area contributed by atoms with E-state index in [2.05, 4.69) is 17.6 Å². The molecule has 10 nitrogen and oxygen atoms in total. The normalized spacial score (nSPS) is 10.7. The third-order valence-corrected chi connectivity index (χ3v) is 6.36. The lowest BCUT2D eigenvalue weighted by Gasteiger charge is -2.13. The van der Waals surface area contributed by atoms with Gasteiger partial charge in [-0.15, -0.1) is 0 Å². The number of carbonyl (C=O) groups excluding carboxylic acids is 3. The number of amides is 1. The molecule has 1 amide bonds. The van der Waals surface area contributed by atoms with Gasteiger partial charge in [0.25, 0.3) is 5.91 Å². The van der Waals surface area contributed by atoms with Gasteiger partial charge < -0.3 is 14.7 Å². The molecule has 0 bridgehead atoms. The van der Waals surface area contributed by atoms with Gasteiger partial charge in [0.05, 0.1) is 12.0 Å². The number of aromatic nitrogens is 3. The van der Waals surface area contributed by atoms with E-state index in [1.54, 1.807) is 12.1 Å². The van der Waals surface area contributed by atoms with Crippen LogP contribution in [0.3, 0.4) is 0 Å². The van der Waals surface area contributed by atoms with Gasteiger partial charge in [-0.2, -0.15) is 5.48 Å². The first kappa shape index (κ1) is 29.9. The van der Waals surface area contributed by atoms with Crippen LogP contribution in [0.15, 0.2) is 54.6 Å². The van der Waals surface area contributed by atoms with Gasteiger partial charge in [-0.05, 0) is 57.9 Å². The molecule has 0 saturated heterocycles. The van der Waals surface area contributed by atoms with Gasteiger partial charge >= 0.3 is 5.97 Å². The summed E-state index contributed by atoms with van der Waals surface area (Å²) in [7, 11) is 0. The molecule has 10 heteroatoms. The van der Waals surface area contributed by atoms with Crippen LogP contribution >= 0.6 is 0 Å². The third-order valence-electron chi connectivity index (χ3n) is 6.36. The van der Waals surface area contributed by atoms with Gasteiger partial charge in [-0.25, -0.2) is 15.0 Å². The molecule has 0 radical (unpaired) electrons. The molecule has 1 aromatic heterocycles. The third kappa shape index (κ3) is 7.54. The summed E-state index contributed by atoms with van der Waals surface area (Å²) in [5.41, 5.74) is 8.55. The van der Waals surface area contributed by atoms with Crippen molar-refractivity contribution in [1.29, 1.82) is 0 Å². The van der Waals surface area contributed by atoms with Crippen LogP contribution in [0.25, 0.3) is 34.2 Å². The maximum Gasteiger partial charge on any atom is 0.313 e. The molecule has 42 heavy (non-hydrogen) atoms. The Morgan fingerprint density at radius 3 is 1.79 bits per heavy atom. The number of rotatable bonds is 10. The average Bonchev–Trinajstić information content (AvgIpc) is 2.91. The van der Waals surface area contributed by atoms with E-state index in [-0.39, 0.29) is 42.6 Å². The zero-order valence-electron chi connectivity index (χ0n) is 24.1. The van der Waals surface area contributed by atoms with E-state index in [1.807, 2.05) is 52.0 Å². The Bertz CT molecular complexity index is 1600. The monoisotopic (exact) mass is 568 g/mol. The Hall–Kier alpha value is -5.12. The highest BCUT2D eigenvalue weighted by atomic mass is 16.7. The fourth-order valence-electron chi connectivity index (χ4n) is 4.31. The summed E-state index contributed by atoms with van der Waals surface area (Å²) in [5.74, 6) is -0.349. The molecule has 4 rings (SSSR count). The number of aryl methyl sites for hydroxylation is 4. The van der Waals surface area contributed by atoms with E-state index in [0.717, 1.165) is 33.4 Å². The van der Waals surface area contributed by atoms with Crippen LogP contribution in [-0.2, 0) is 19.1 Å². The van der Waals surface area contributed by atoms with E-state index in [0.29, 0.717) is 17.2 Å². The van der Waals surface area contributed by atoms with Crippen molar-refractivity contribution in [1.82, 2.24) is 20.4 Å². The zero-order valence-corrected chi connectivity index (χ0v) is 24.1. The molecule has 0 aliphatic rings. The Balaban J connectivity index is 1.58. The number of nitrogens with one attached hydrogen (secondary N) is 1. The topological polar surface area (TPSA) is 141 Å². The van der Waals surface area contributed by atoms with Crippen molar-refractivity contribution >= 4 is 17.7 Å². The highest BCUT2D eigenvalue weighted by molar-refractivity contribution is 5.94. The van der Waals surface area contributed by atoms with Gasteiger partial charge in [-0.1, -0.05) is 47.5 Å². The molecule has 0 spiro atoms. The fraction of sp³-hybridized carbons (Fsp3) is 0.250. The minimum atomic E-state index is -0.698. The van der Waals surface area contributed by atoms with Crippen LogP contribution in [0.4, 0.5) is 0 Å². The molecular formula is C32H32N4O6. The maximum absolute atomic E-state index is 12.1. The number of nitrogens with zero attached hydrogens (tertiary/aromatic N) is 3. The summed E-state index contributed by atoms with van der Waals surface area (Å²) >= 11 is 0. The summed E-state index contributed by atoms with van der Waals surface area (Å²) in [6.07, 6.45) is -0.510. The van der Waals surface area contributed by atoms with Crippen LogP contribution < -0.4 is 10.3 Å². The predicted molar refractivity (Wildman–Crippen MR) is 156 cm³/mol. The molecule has 216 valence electrons. The lowest BCUT2D eigenvalue weighted by molar-refractivity contribution is -0.146. The number of hydroxylamine groups is 1. The van der Waals surface area contributed by atoms with E-state index < -0.39 is 11.9 Å². The first-order valence-electron chi connectivity index (χ1n) is 13.4. The molecule has 2 N–H and O–H groups in total. The molecule has 0 aliphatic heterocycles. The average molecular weight is 569 g/mol. The molecule has 0 atom stereocenters. The quantitative estimate of drug-likeness (QED) is 0.151. The zero-order chi connectivity index (χ0) is 30.4. The van der Waals surface area contributed by atoms with Crippen molar-refractivity contribution in [3.63, 3.8) is 0 Å². The van der Waals surface area contributed by atoms with Gasteiger partial charge in [0.15, 0.2) is 23.2 Å². The molecular weight excluding hydrogens is 536 g/mol. The number of benzene rings is 3. The van der Waals surface area contributed by atoms with Crippen molar-refractivity contribution in [3.8, 4) is 45.7 Å². The Morgan fingerprint density at radius 2 is 1.29 bits per heavy atom. The fourth-order valence-corrected chi connectivity index (χ4v) is 4.31. The number of ether oxygens (including phenoxy) is 1. The largest absolute Gasteiger partial charge is 0.507 e. The number of hydrogen-bond acceptors (Lipinski definition) is 9. The number of carbonyl (C=O) groups is 3. The summed E-state index contributed by atoms with van der Waals surface area (Å²) < 4.78 is 4.83. The van der Waals surface area contributed by atoms with E-state index >= 15 is 0 Å². The Kier molecular flexibility index (Phi) is 9.26. The minimum absolute atomic E-state index is 0.163. The van der Waals surface area contributed by atoms with Crippen LogP contribution in [0.2, 0.25) is 0 Å². The van der Waals surface area contributed by atoms with Gasteiger partial charge in [0.2, 0.25) is 0 Å². The number of hydrogen-bond donors (Lipinski definition) is 2. The Labute approximate surface area is 243 Å². The molecule has 0 unspecified atom stereocenters. The Morgan fingerprint density at radius 1 is 0.762 bits per heavy atom. The number of ketones is 1. The lowest BCUT2D eigenvalue weighted by atomic mass is 10.0. The van der Waals surface area contributed by atoms with Crippen molar-refractivity contribution in [3.05, 3.63) is 76.9 Å². The van der Waals surface area contributed by atoms with Crippen molar-refractivity contribution < 1.29 is 29.1 Å². The summed E-state index contributed by atoms with van der Waals surface area (Å²) in [4.78, 5) is 53.9. The molecule has 0 fully saturated rings. The second kappa shape index (κ2) is 13.0. The van der Waals surface area contributed by atoms with Crippen molar-refractivity contribution in [2.24, 2.45) is 0 Å². The van der Waals surface area contributed by atoms with E-state index in [1.165, 1.54) is 13.0 Å². The van der Waals surface area contributed by atoms with E-state index in [4.69, 9.17) is 24.5 Å². The molecule has 0 aliphatic carbocycles. The number of phenolic OH excluding ortho intramolecular Hbond substituents is 1. The second-order valence-electron chi connectivity index (χ2n) is 10.1. The highest BCUT2D eigenvalue weighted by Crippen LogP contribution is 2.33. The SMILES string of the molecule is CC(=O)CC(=O)OCCC(=O)NOc1ccc(-c2nc(-c3ccc(C)cc3C)nc(-c3ccc(C)cc3C)n2)c(O)c1. The summed E-state index contributed by atoms with van der Waals surface area (Å²) in [6.45, 7) is 9.11. The molecule has 4 aromatic rings. The smallest absolute Gasteiger partial charge is 0.313 e. The van der Waals surface area contributed by atoms with Gasteiger partial charge in [-0.3, -0.25) is 14.4 Å².